The van der Waals surface area contributed by atoms with Crippen LogP contribution in [0.3, 0.4) is 0 Å². The predicted molar refractivity (Wildman–Crippen MR) is 149 cm³/mol. The Morgan fingerprint density at radius 2 is 1.87 bits per heavy atom. The lowest BCUT2D eigenvalue weighted by Gasteiger charge is -2.21. The van der Waals surface area contributed by atoms with Gasteiger partial charge >= 0.3 is 0 Å². The Morgan fingerprint density at radius 1 is 1.05 bits per heavy atom. The van der Waals surface area contributed by atoms with Crippen molar-refractivity contribution in [1.29, 1.82) is 0 Å². The number of carbonyl (C=O) groups excluding carboxylic acids is 1. The van der Waals surface area contributed by atoms with Gasteiger partial charge in [0.25, 0.3) is 5.91 Å². The number of rotatable bonds is 8. The highest BCUT2D eigenvalue weighted by atomic mass is 19.1. The van der Waals surface area contributed by atoms with E-state index in [1.165, 1.54) is 29.9 Å². The maximum Gasteiger partial charge on any atom is 0.274 e. The maximum absolute atomic E-state index is 15.0. The third-order valence-electron chi connectivity index (χ3n) is 6.97. The second-order valence-electron chi connectivity index (χ2n) is 9.93. The number of nitrogens with zero attached hydrogens (tertiary/aromatic N) is 4. The van der Waals surface area contributed by atoms with Gasteiger partial charge in [0.15, 0.2) is 0 Å². The fourth-order valence-corrected chi connectivity index (χ4v) is 4.74. The van der Waals surface area contributed by atoms with Crippen LogP contribution >= 0.6 is 0 Å². The number of halogens is 1. The molecule has 2 heterocycles. The van der Waals surface area contributed by atoms with Gasteiger partial charge in [-0.3, -0.25) is 4.79 Å². The molecule has 6 rings (SSSR count). The summed E-state index contributed by atoms with van der Waals surface area (Å²) in [7, 11) is 0. The molecule has 39 heavy (non-hydrogen) atoms. The number of benzene rings is 3. The molecule has 0 aliphatic heterocycles. The van der Waals surface area contributed by atoms with Crippen LogP contribution in [-0.2, 0) is 0 Å². The minimum Gasteiger partial charge on any atom is -0.383 e. The molecule has 1 unspecified atom stereocenters. The van der Waals surface area contributed by atoms with Gasteiger partial charge in [-0.2, -0.15) is 5.10 Å². The molecule has 0 radical (unpaired) electrons. The molecule has 0 saturated heterocycles. The van der Waals surface area contributed by atoms with E-state index in [2.05, 4.69) is 37.8 Å². The topological polar surface area (TPSA) is 111 Å². The number of nitrogen functional groups attached to an aromatic ring is 1. The molecule has 196 valence electrons. The number of hydrogen-bond acceptors (Lipinski definition) is 6. The van der Waals surface area contributed by atoms with Crippen molar-refractivity contribution in [2.45, 2.75) is 25.8 Å². The number of nitrogens with two attached hydrogens (primary N) is 1. The first-order chi connectivity index (χ1) is 19.0. The number of carbonyl (C=O) groups is 1. The Labute approximate surface area is 225 Å². The Kier molecular flexibility index (Phi) is 6.50. The fraction of sp³-hybridized carbons (Fsp3) is 0.200. The first kappa shape index (κ1) is 24.7. The van der Waals surface area contributed by atoms with Gasteiger partial charge in [0.05, 0.1) is 28.6 Å². The molecule has 1 fully saturated rings. The smallest absolute Gasteiger partial charge is 0.274 e. The number of anilines is 2. The van der Waals surface area contributed by atoms with Crippen LogP contribution < -0.4 is 16.4 Å². The zero-order valence-electron chi connectivity index (χ0n) is 21.4. The number of aromatic nitrogens is 4. The van der Waals surface area contributed by atoms with Gasteiger partial charge < -0.3 is 16.4 Å². The average Bonchev–Trinajstić information content (AvgIpc) is 3.69. The van der Waals surface area contributed by atoms with Gasteiger partial charge in [0, 0.05) is 5.39 Å². The Hall–Kier alpha value is -4.63. The Morgan fingerprint density at radius 3 is 2.67 bits per heavy atom. The van der Waals surface area contributed by atoms with Crippen molar-refractivity contribution in [3.63, 3.8) is 0 Å². The molecule has 5 aromatic rings. The third kappa shape index (κ3) is 5.21. The SMILES string of the molecule is Cc1cc(C(=O)Nc2cc(C(NCC3CC3)c3ccccc3)ccc2F)n(-c2ccc3ncnc(N)c3c2)n1. The maximum atomic E-state index is 15.0. The quantitative estimate of drug-likeness (QED) is 0.259. The van der Waals surface area contributed by atoms with Crippen LogP contribution in [-0.4, -0.2) is 32.2 Å². The number of aryl methyl sites for hydroxylation is 1. The highest BCUT2D eigenvalue weighted by Gasteiger charge is 2.24. The summed E-state index contributed by atoms with van der Waals surface area (Å²) in [4.78, 5) is 21.8. The highest BCUT2D eigenvalue weighted by Crippen LogP contribution is 2.31. The van der Waals surface area contributed by atoms with Crippen molar-refractivity contribution < 1.29 is 9.18 Å². The predicted octanol–water partition coefficient (Wildman–Crippen LogP) is 5.19. The highest BCUT2D eigenvalue weighted by molar-refractivity contribution is 6.04. The molecule has 4 N–H and O–H groups in total. The number of hydrogen-bond donors (Lipinski definition) is 3. The van der Waals surface area contributed by atoms with E-state index in [4.69, 9.17) is 5.73 Å². The summed E-state index contributed by atoms with van der Waals surface area (Å²) < 4.78 is 16.5. The van der Waals surface area contributed by atoms with Crippen molar-refractivity contribution in [2.24, 2.45) is 5.92 Å². The van der Waals surface area contributed by atoms with Gasteiger partial charge in [-0.15, -0.1) is 0 Å². The van der Waals surface area contributed by atoms with E-state index in [1.807, 2.05) is 18.2 Å². The van der Waals surface area contributed by atoms with Crippen molar-refractivity contribution in [1.82, 2.24) is 25.1 Å². The largest absolute Gasteiger partial charge is 0.383 e. The van der Waals surface area contributed by atoms with E-state index >= 15 is 0 Å². The first-order valence-electron chi connectivity index (χ1n) is 12.9. The van der Waals surface area contributed by atoms with Gasteiger partial charge in [-0.05, 0) is 79.8 Å². The molecule has 1 aliphatic rings. The zero-order chi connectivity index (χ0) is 26.9. The number of nitrogens with one attached hydrogen (secondary N) is 2. The van der Waals surface area contributed by atoms with Crippen LogP contribution in [0.2, 0.25) is 0 Å². The molecule has 1 aliphatic carbocycles. The summed E-state index contributed by atoms with van der Waals surface area (Å²) in [6, 6.07) is 21.8. The van der Waals surface area contributed by atoms with Crippen molar-refractivity contribution >= 4 is 28.3 Å². The Bertz CT molecular complexity index is 1660. The third-order valence-corrected chi connectivity index (χ3v) is 6.97. The molecular formula is C30H28FN7O. The monoisotopic (exact) mass is 521 g/mol. The normalized spacial score (nSPS) is 13.9. The van der Waals surface area contributed by atoms with Crippen LogP contribution in [0.25, 0.3) is 16.6 Å². The second kappa shape index (κ2) is 10.3. The van der Waals surface area contributed by atoms with Crippen molar-refractivity contribution in [2.75, 3.05) is 17.6 Å². The summed E-state index contributed by atoms with van der Waals surface area (Å²) in [5, 5.41) is 11.6. The summed E-state index contributed by atoms with van der Waals surface area (Å²) in [6.45, 7) is 2.68. The average molecular weight is 522 g/mol. The molecule has 9 heteroatoms. The van der Waals surface area contributed by atoms with Gasteiger partial charge in [-0.25, -0.2) is 19.0 Å². The lowest BCUT2D eigenvalue weighted by molar-refractivity contribution is 0.101. The Balaban J connectivity index is 1.31. The standard InChI is InChI=1S/C30H28FN7O/c1-18-13-27(38(37-18)22-10-12-25-23(15-22)29(32)35-17-34-25)30(39)36-26-14-21(9-11-24(26)31)28(33-16-19-7-8-19)20-5-3-2-4-6-20/h2-6,9-15,17,19,28,33H,7-8,16H2,1H3,(H,36,39)(H2,32,34,35). The van der Waals surface area contributed by atoms with E-state index in [-0.39, 0.29) is 17.4 Å². The fourth-order valence-electron chi connectivity index (χ4n) is 4.74. The summed E-state index contributed by atoms with van der Waals surface area (Å²) in [5.74, 6) is 0.0148. The molecule has 8 nitrogen and oxygen atoms in total. The first-order valence-corrected chi connectivity index (χ1v) is 12.9. The van der Waals surface area contributed by atoms with Crippen LogP contribution in [0.15, 0.2) is 79.1 Å². The van der Waals surface area contributed by atoms with E-state index < -0.39 is 11.7 Å². The molecular weight excluding hydrogens is 493 g/mol. The molecule has 1 saturated carbocycles. The molecule has 1 amide bonds. The van der Waals surface area contributed by atoms with Gasteiger partial charge in [-0.1, -0.05) is 36.4 Å². The van der Waals surface area contributed by atoms with Crippen LogP contribution in [0.4, 0.5) is 15.9 Å². The molecule has 3 aromatic carbocycles. The van der Waals surface area contributed by atoms with Crippen LogP contribution in [0.1, 0.15) is 46.2 Å². The summed E-state index contributed by atoms with van der Waals surface area (Å²) >= 11 is 0. The molecule has 2 aromatic heterocycles. The van der Waals surface area contributed by atoms with Crippen molar-refractivity contribution in [3.8, 4) is 5.69 Å². The summed E-state index contributed by atoms with van der Waals surface area (Å²) in [6.07, 6.45) is 3.85. The zero-order valence-corrected chi connectivity index (χ0v) is 21.4. The van der Waals surface area contributed by atoms with E-state index in [9.17, 15) is 9.18 Å². The van der Waals surface area contributed by atoms with E-state index in [1.54, 1.807) is 43.3 Å². The lowest BCUT2D eigenvalue weighted by atomic mass is 9.97. The lowest BCUT2D eigenvalue weighted by Crippen LogP contribution is -2.25. The minimum absolute atomic E-state index is 0.105. The molecule has 1 atom stereocenters. The summed E-state index contributed by atoms with van der Waals surface area (Å²) in [5.41, 5.74) is 10.3. The van der Waals surface area contributed by atoms with Crippen LogP contribution in [0.5, 0.6) is 0 Å². The van der Waals surface area contributed by atoms with Crippen LogP contribution in [0, 0.1) is 18.7 Å². The molecule has 0 bridgehead atoms. The van der Waals surface area contributed by atoms with E-state index in [0.717, 1.165) is 17.7 Å². The van der Waals surface area contributed by atoms with Crippen molar-refractivity contribution in [3.05, 3.63) is 107 Å². The number of fused-ring (bicyclic) bond motifs is 1. The second-order valence-corrected chi connectivity index (χ2v) is 9.93. The number of amides is 1. The van der Waals surface area contributed by atoms with Gasteiger partial charge in [0.1, 0.15) is 23.7 Å². The van der Waals surface area contributed by atoms with Gasteiger partial charge in [0.2, 0.25) is 0 Å². The minimum atomic E-state index is -0.514. The van der Waals surface area contributed by atoms with E-state index in [0.29, 0.717) is 34.0 Å². The molecule has 0 spiro atoms.